The minimum absolute atomic E-state index is 0.0793. The van der Waals surface area contributed by atoms with Gasteiger partial charge in [0.2, 0.25) is 17.7 Å². The Morgan fingerprint density at radius 2 is 2.07 bits per heavy atom. The second-order valence-electron chi connectivity index (χ2n) is 6.89. The number of fused-ring (bicyclic) bond motifs is 1. The molecule has 0 radical (unpaired) electrons. The van der Waals surface area contributed by atoms with Crippen LogP contribution in [0.4, 0.5) is 5.69 Å². The van der Waals surface area contributed by atoms with Crippen LogP contribution in [0.1, 0.15) is 18.9 Å². The van der Waals surface area contributed by atoms with E-state index in [4.69, 9.17) is 14.2 Å². The van der Waals surface area contributed by atoms with Crippen molar-refractivity contribution >= 4 is 17.5 Å². The monoisotopic (exact) mass is 397 g/mol. The van der Waals surface area contributed by atoms with Gasteiger partial charge in [0.05, 0.1) is 12.5 Å². The lowest BCUT2D eigenvalue weighted by molar-refractivity contribution is -0.126. The maximum atomic E-state index is 12.6. The van der Waals surface area contributed by atoms with E-state index in [1.807, 2.05) is 19.1 Å². The highest BCUT2D eigenvalue weighted by atomic mass is 16.6. The molecule has 0 aliphatic carbocycles. The molecule has 1 aromatic carbocycles. The molecule has 2 aliphatic rings. The molecule has 2 amide bonds. The third-order valence-corrected chi connectivity index (χ3v) is 4.89. The molecule has 152 valence electrons. The van der Waals surface area contributed by atoms with Crippen LogP contribution in [0.3, 0.4) is 0 Å². The van der Waals surface area contributed by atoms with Crippen LogP contribution >= 0.6 is 0 Å². The zero-order chi connectivity index (χ0) is 20.2. The van der Waals surface area contributed by atoms with Crippen molar-refractivity contribution in [3.8, 4) is 17.4 Å². The number of ether oxygens (including phenoxy) is 3. The van der Waals surface area contributed by atoms with Crippen LogP contribution in [-0.4, -0.2) is 43.2 Å². The molecule has 2 aliphatic heterocycles. The molecule has 0 saturated carbocycles. The highest BCUT2D eigenvalue weighted by molar-refractivity contribution is 6.00. The first-order valence-corrected chi connectivity index (χ1v) is 9.69. The zero-order valence-corrected chi connectivity index (χ0v) is 16.2. The van der Waals surface area contributed by atoms with E-state index in [-0.39, 0.29) is 18.2 Å². The molecule has 4 rings (SSSR count). The van der Waals surface area contributed by atoms with E-state index in [1.54, 1.807) is 29.3 Å². The summed E-state index contributed by atoms with van der Waals surface area (Å²) in [6, 6.07) is 9.02. The van der Waals surface area contributed by atoms with Gasteiger partial charge in [-0.1, -0.05) is 0 Å². The van der Waals surface area contributed by atoms with Crippen LogP contribution < -0.4 is 24.4 Å². The fraction of sp³-hybridized carbons (Fsp3) is 0.381. The topological polar surface area (TPSA) is 90.0 Å². The van der Waals surface area contributed by atoms with E-state index in [0.29, 0.717) is 56.0 Å². The summed E-state index contributed by atoms with van der Waals surface area (Å²) in [7, 11) is 0. The van der Waals surface area contributed by atoms with Gasteiger partial charge < -0.3 is 24.4 Å². The predicted octanol–water partition coefficient (Wildman–Crippen LogP) is 1.92. The van der Waals surface area contributed by atoms with E-state index in [0.717, 1.165) is 5.56 Å². The third kappa shape index (κ3) is 4.26. The summed E-state index contributed by atoms with van der Waals surface area (Å²) in [5.74, 6) is 1.20. The first-order chi connectivity index (χ1) is 14.1. The molecule has 1 fully saturated rings. The van der Waals surface area contributed by atoms with Gasteiger partial charge in [-0.2, -0.15) is 0 Å². The van der Waals surface area contributed by atoms with Crippen LogP contribution in [0.15, 0.2) is 36.5 Å². The van der Waals surface area contributed by atoms with Crippen molar-refractivity contribution in [1.29, 1.82) is 0 Å². The molecule has 1 unspecified atom stereocenters. The van der Waals surface area contributed by atoms with E-state index >= 15 is 0 Å². The average molecular weight is 397 g/mol. The number of benzene rings is 1. The van der Waals surface area contributed by atoms with Crippen molar-refractivity contribution in [2.75, 3.05) is 31.3 Å². The maximum absolute atomic E-state index is 12.6. The summed E-state index contributed by atoms with van der Waals surface area (Å²) in [5, 5.41) is 2.91. The number of nitrogens with one attached hydrogen (secondary N) is 1. The maximum Gasteiger partial charge on any atom is 0.227 e. The summed E-state index contributed by atoms with van der Waals surface area (Å²) in [4.78, 5) is 30.8. The van der Waals surface area contributed by atoms with Crippen molar-refractivity contribution in [3.63, 3.8) is 0 Å². The van der Waals surface area contributed by atoms with Gasteiger partial charge in [-0.05, 0) is 30.7 Å². The fourth-order valence-electron chi connectivity index (χ4n) is 3.45. The number of aromatic nitrogens is 1. The number of hydrogen-bond donors (Lipinski definition) is 1. The number of nitrogens with zero attached hydrogens (tertiary/aromatic N) is 2. The highest BCUT2D eigenvalue weighted by Crippen LogP contribution is 2.36. The number of pyridine rings is 1. The highest BCUT2D eigenvalue weighted by Gasteiger charge is 2.35. The van der Waals surface area contributed by atoms with Crippen molar-refractivity contribution in [2.24, 2.45) is 5.92 Å². The molecule has 3 heterocycles. The lowest BCUT2D eigenvalue weighted by Gasteiger charge is -2.22. The lowest BCUT2D eigenvalue weighted by atomic mass is 10.1. The summed E-state index contributed by atoms with van der Waals surface area (Å²) >= 11 is 0. The smallest absolute Gasteiger partial charge is 0.227 e. The Kier molecular flexibility index (Phi) is 5.50. The summed E-state index contributed by atoms with van der Waals surface area (Å²) in [5.41, 5.74) is 1.61. The van der Waals surface area contributed by atoms with Gasteiger partial charge in [0.1, 0.15) is 13.2 Å². The van der Waals surface area contributed by atoms with Gasteiger partial charge in [-0.15, -0.1) is 0 Å². The van der Waals surface area contributed by atoms with Gasteiger partial charge in [-0.3, -0.25) is 9.59 Å². The van der Waals surface area contributed by atoms with E-state index < -0.39 is 5.92 Å². The van der Waals surface area contributed by atoms with E-state index in [9.17, 15) is 9.59 Å². The van der Waals surface area contributed by atoms with Gasteiger partial charge in [-0.25, -0.2) is 4.98 Å². The minimum Gasteiger partial charge on any atom is -0.486 e. The molecule has 29 heavy (non-hydrogen) atoms. The van der Waals surface area contributed by atoms with Gasteiger partial charge in [0.15, 0.2) is 11.5 Å². The quantitative estimate of drug-likeness (QED) is 0.801. The van der Waals surface area contributed by atoms with Crippen LogP contribution in [0.2, 0.25) is 0 Å². The number of carbonyl (C=O) groups is 2. The average Bonchev–Trinajstić information content (AvgIpc) is 3.14. The molecular formula is C21H23N3O5. The molecule has 8 heteroatoms. The van der Waals surface area contributed by atoms with Crippen LogP contribution in [0, 0.1) is 5.92 Å². The van der Waals surface area contributed by atoms with Crippen LogP contribution in [0.25, 0.3) is 0 Å². The van der Waals surface area contributed by atoms with Gasteiger partial charge in [0.25, 0.3) is 0 Å². The largest absolute Gasteiger partial charge is 0.486 e. The number of amides is 2. The minimum atomic E-state index is -0.399. The normalized spacial score (nSPS) is 17.9. The van der Waals surface area contributed by atoms with E-state index in [1.165, 1.54) is 0 Å². The van der Waals surface area contributed by atoms with Crippen LogP contribution in [-0.2, 0) is 16.1 Å². The Morgan fingerprint density at radius 3 is 2.90 bits per heavy atom. The third-order valence-electron chi connectivity index (χ3n) is 4.89. The Morgan fingerprint density at radius 1 is 1.24 bits per heavy atom. The van der Waals surface area contributed by atoms with Crippen LogP contribution in [0.5, 0.6) is 17.4 Å². The predicted molar refractivity (Wildman–Crippen MR) is 105 cm³/mol. The number of hydrogen-bond acceptors (Lipinski definition) is 6. The molecule has 2 aromatic rings. The molecule has 0 bridgehead atoms. The van der Waals surface area contributed by atoms with Crippen molar-refractivity contribution in [1.82, 2.24) is 10.3 Å². The Hall–Kier alpha value is -3.29. The number of rotatable bonds is 6. The molecule has 0 spiro atoms. The SMILES string of the molecule is CCOc1cc(CNC(=O)C2CC(=O)N(c3ccc4c(c3)OCCO4)C2)ccn1. The Bertz CT molecular complexity index is 917. The molecular weight excluding hydrogens is 374 g/mol. The standard InChI is InChI=1S/C21H23N3O5/c1-2-27-19-9-14(5-6-22-19)12-23-21(26)15-10-20(25)24(13-15)16-3-4-17-18(11-16)29-8-7-28-17/h3-6,9,11,15H,2,7-8,10,12-13H2,1H3,(H,23,26). The first-order valence-electron chi connectivity index (χ1n) is 9.69. The summed E-state index contributed by atoms with van der Waals surface area (Å²) in [6.07, 6.45) is 1.83. The van der Waals surface area contributed by atoms with Crippen molar-refractivity contribution in [3.05, 3.63) is 42.1 Å². The summed E-state index contributed by atoms with van der Waals surface area (Å²) < 4.78 is 16.5. The molecule has 1 atom stereocenters. The second-order valence-corrected chi connectivity index (χ2v) is 6.89. The summed E-state index contributed by atoms with van der Waals surface area (Å²) in [6.45, 7) is 4.11. The van der Waals surface area contributed by atoms with E-state index in [2.05, 4.69) is 10.3 Å². The molecule has 1 N–H and O–H groups in total. The molecule has 1 saturated heterocycles. The fourth-order valence-corrected chi connectivity index (χ4v) is 3.45. The second kappa shape index (κ2) is 8.38. The Labute approximate surface area is 168 Å². The van der Waals surface area contributed by atoms with Crippen molar-refractivity contribution < 1.29 is 23.8 Å². The lowest BCUT2D eigenvalue weighted by Crippen LogP contribution is -2.32. The number of carbonyl (C=O) groups excluding carboxylic acids is 2. The zero-order valence-electron chi connectivity index (χ0n) is 16.2. The Balaban J connectivity index is 1.37. The van der Waals surface area contributed by atoms with Gasteiger partial charge in [0, 0.05) is 43.5 Å². The van der Waals surface area contributed by atoms with Gasteiger partial charge >= 0.3 is 0 Å². The molecule has 8 nitrogen and oxygen atoms in total. The molecule has 1 aromatic heterocycles. The first kappa shape index (κ1) is 19.0. The number of anilines is 1. The van der Waals surface area contributed by atoms with Crippen molar-refractivity contribution in [2.45, 2.75) is 19.9 Å².